The lowest BCUT2D eigenvalue weighted by molar-refractivity contribution is -0.384. The molecule has 0 spiro atoms. The molecule has 12 heteroatoms. The van der Waals surface area contributed by atoms with Crippen LogP contribution in [0.1, 0.15) is 18.5 Å². The van der Waals surface area contributed by atoms with Gasteiger partial charge in [-0.25, -0.2) is 0 Å². The topological polar surface area (TPSA) is 151 Å². The number of piperidine rings is 1. The molecule has 0 unspecified atom stereocenters. The van der Waals surface area contributed by atoms with Crippen LogP contribution in [0.3, 0.4) is 0 Å². The standard InChI is InChI=1S/C23H24N4O7.ClH/c1-26-8-6-14(7-9-26)24-22(30)11-15-10-21(34-25-15)23-19(29)12-17(28)13-20(23)33-18-4-2-16(3-5-18)27(31)32;/h2-5,10,12-14,28-29H,6-9,11H2,1H3,(H,24,30);1H. The van der Waals surface area contributed by atoms with Crippen molar-refractivity contribution in [1.29, 1.82) is 0 Å². The summed E-state index contributed by atoms with van der Waals surface area (Å²) in [5.41, 5.74) is 0.379. The van der Waals surface area contributed by atoms with Gasteiger partial charge in [0, 0.05) is 36.4 Å². The number of carbonyl (C=O) groups is 1. The van der Waals surface area contributed by atoms with Gasteiger partial charge in [-0.1, -0.05) is 5.16 Å². The molecule has 1 amide bonds. The summed E-state index contributed by atoms with van der Waals surface area (Å²) in [6, 6.07) is 9.35. The van der Waals surface area contributed by atoms with Crippen LogP contribution in [0.15, 0.2) is 47.0 Å². The van der Waals surface area contributed by atoms with Crippen molar-refractivity contribution in [2.24, 2.45) is 0 Å². The van der Waals surface area contributed by atoms with Crippen molar-refractivity contribution in [2.45, 2.75) is 25.3 Å². The Bertz CT molecular complexity index is 1190. The Balaban J connectivity index is 0.00000342. The van der Waals surface area contributed by atoms with Gasteiger partial charge in [-0.3, -0.25) is 14.9 Å². The van der Waals surface area contributed by atoms with Crippen molar-refractivity contribution in [3.05, 3.63) is 58.3 Å². The number of hydrogen-bond donors (Lipinski definition) is 3. The molecular formula is C23H25ClN4O7. The molecule has 2 heterocycles. The van der Waals surface area contributed by atoms with Crippen LogP contribution in [0.4, 0.5) is 5.69 Å². The number of halogens is 1. The molecule has 0 atom stereocenters. The lowest BCUT2D eigenvalue weighted by Gasteiger charge is -2.29. The molecule has 2 aromatic carbocycles. The first kappa shape index (κ1) is 25.8. The number of phenolic OH excluding ortho intramolecular Hbond substituents is 2. The number of hydrogen-bond acceptors (Lipinski definition) is 9. The average molecular weight is 505 g/mol. The van der Waals surface area contributed by atoms with E-state index in [9.17, 15) is 25.1 Å². The van der Waals surface area contributed by atoms with Gasteiger partial charge >= 0.3 is 0 Å². The Morgan fingerprint density at radius 1 is 1.23 bits per heavy atom. The van der Waals surface area contributed by atoms with Crippen LogP contribution in [-0.4, -0.2) is 57.3 Å². The quantitative estimate of drug-likeness (QED) is 0.323. The van der Waals surface area contributed by atoms with Crippen LogP contribution in [-0.2, 0) is 11.2 Å². The Morgan fingerprint density at radius 3 is 2.57 bits per heavy atom. The number of non-ortho nitro benzene ring substituents is 1. The first-order chi connectivity index (χ1) is 16.3. The number of nitrogens with zero attached hydrogens (tertiary/aromatic N) is 3. The lowest BCUT2D eigenvalue weighted by Crippen LogP contribution is -2.43. The second-order valence-corrected chi connectivity index (χ2v) is 8.20. The zero-order chi connectivity index (χ0) is 24.2. The van der Waals surface area contributed by atoms with Gasteiger partial charge in [0.15, 0.2) is 5.76 Å². The van der Waals surface area contributed by atoms with E-state index in [1.165, 1.54) is 36.4 Å². The van der Waals surface area contributed by atoms with Gasteiger partial charge in [0.1, 0.15) is 28.6 Å². The molecule has 0 bridgehead atoms. The predicted molar refractivity (Wildman–Crippen MR) is 128 cm³/mol. The number of nitro benzene ring substituents is 1. The fraction of sp³-hybridized carbons (Fsp3) is 0.304. The average Bonchev–Trinajstić information content (AvgIpc) is 3.23. The zero-order valence-electron chi connectivity index (χ0n) is 18.8. The van der Waals surface area contributed by atoms with E-state index >= 15 is 0 Å². The summed E-state index contributed by atoms with van der Waals surface area (Å²) in [4.78, 5) is 25.0. The first-order valence-corrected chi connectivity index (χ1v) is 10.7. The molecule has 1 aliphatic rings. The number of likely N-dealkylation sites (tertiary alicyclic amines) is 1. The minimum Gasteiger partial charge on any atom is -0.508 e. The van der Waals surface area contributed by atoms with Crippen LogP contribution in [0.25, 0.3) is 11.3 Å². The summed E-state index contributed by atoms with van der Waals surface area (Å²) in [7, 11) is 2.05. The minimum absolute atomic E-state index is 0. The molecule has 1 aromatic heterocycles. The smallest absolute Gasteiger partial charge is 0.269 e. The molecule has 1 saturated heterocycles. The van der Waals surface area contributed by atoms with E-state index in [2.05, 4.69) is 15.4 Å². The van der Waals surface area contributed by atoms with Gasteiger partial charge in [0.05, 0.1) is 17.0 Å². The maximum absolute atomic E-state index is 12.4. The summed E-state index contributed by atoms with van der Waals surface area (Å²) in [5.74, 6) is -0.326. The predicted octanol–water partition coefficient (Wildman–Crippen LogP) is 3.63. The summed E-state index contributed by atoms with van der Waals surface area (Å²) < 4.78 is 11.1. The van der Waals surface area contributed by atoms with E-state index in [4.69, 9.17) is 9.26 Å². The molecule has 0 saturated carbocycles. The molecule has 3 N–H and O–H groups in total. The van der Waals surface area contributed by atoms with Gasteiger partial charge in [-0.15, -0.1) is 12.4 Å². The number of aromatic nitrogens is 1. The van der Waals surface area contributed by atoms with Crippen molar-refractivity contribution in [2.75, 3.05) is 20.1 Å². The van der Waals surface area contributed by atoms with Gasteiger partial charge in [-0.2, -0.15) is 0 Å². The van der Waals surface area contributed by atoms with E-state index in [0.717, 1.165) is 32.0 Å². The fourth-order valence-corrected chi connectivity index (χ4v) is 3.79. The number of benzene rings is 2. The second-order valence-electron chi connectivity index (χ2n) is 8.20. The molecule has 3 aromatic rings. The molecule has 1 fully saturated rings. The number of ether oxygens (including phenoxy) is 1. The van der Waals surface area contributed by atoms with E-state index in [0.29, 0.717) is 5.69 Å². The molecule has 1 aliphatic heterocycles. The third kappa shape index (κ3) is 6.40. The van der Waals surface area contributed by atoms with Crippen LogP contribution in [0, 0.1) is 10.1 Å². The summed E-state index contributed by atoms with van der Waals surface area (Å²) >= 11 is 0. The van der Waals surface area contributed by atoms with Crippen LogP contribution in [0.5, 0.6) is 23.0 Å². The Labute approximate surface area is 206 Å². The summed E-state index contributed by atoms with van der Waals surface area (Å²) in [6.45, 7) is 1.85. The summed E-state index contributed by atoms with van der Waals surface area (Å²) in [5, 5.41) is 38.2. The van der Waals surface area contributed by atoms with Crippen molar-refractivity contribution < 1.29 is 29.2 Å². The van der Waals surface area contributed by atoms with Crippen molar-refractivity contribution in [3.8, 4) is 34.3 Å². The molecule has 0 radical (unpaired) electrons. The van der Waals surface area contributed by atoms with Gasteiger partial charge < -0.3 is 29.7 Å². The normalized spacial score (nSPS) is 14.2. The minimum atomic E-state index is -0.533. The molecule has 11 nitrogen and oxygen atoms in total. The molecule has 0 aliphatic carbocycles. The second kappa shape index (κ2) is 11.1. The highest BCUT2D eigenvalue weighted by atomic mass is 35.5. The van der Waals surface area contributed by atoms with E-state index in [-0.39, 0.29) is 70.8 Å². The van der Waals surface area contributed by atoms with Crippen LogP contribution >= 0.6 is 12.4 Å². The van der Waals surface area contributed by atoms with E-state index in [1.807, 2.05) is 7.05 Å². The number of nitrogens with one attached hydrogen (secondary N) is 1. The third-order valence-corrected chi connectivity index (χ3v) is 5.57. The highest BCUT2D eigenvalue weighted by Gasteiger charge is 2.22. The zero-order valence-corrected chi connectivity index (χ0v) is 19.7. The lowest BCUT2D eigenvalue weighted by atomic mass is 10.1. The van der Waals surface area contributed by atoms with Crippen molar-refractivity contribution in [3.63, 3.8) is 0 Å². The van der Waals surface area contributed by atoms with Crippen molar-refractivity contribution in [1.82, 2.24) is 15.4 Å². The Morgan fingerprint density at radius 2 is 1.91 bits per heavy atom. The number of carbonyl (C=O) groups excluding carboxylic acids is 1. The Kier molecular flexibility index (Phi) is 8.15. The van der Waals surface area contributed by atoms with E-state index in [1.54, 1.807) is 0 Å². The number of aromatic hydroxyl groups is 2. The summed E-state index contributed by atoms with van der Waals surface area (Å²) in [6.07, 6.45) is 1.78. The van der Waals surface area contributed by atoms with Crippen LogP contribution < -0.4 is 10.1 Å². The molecule has 186 valence electrons. The monoisotopic (exact) mass is 504 g/mol. The van der Waals surface area contributed by atoms with E-state index < -0.39 is 4.92 Å². The number of rotatable bonds is 7. The molecule has 35 heavy (non-hydrogen) atoms. The van der Waals surface area contributed by atoms with Crippen molar-refractivity contribution >= 4 is 24.0 Å². The molecule has 4 rings (SSSR count). The van der Waals surface area contributed by atoms with Crippen LogP contribution in [0.2, 0.25) is 0 Å². The molecular weight excluding hydrogens is 480 g/mol. The SMILES string of the molecule is CN1CCC(NC(=O)Cc2cc(-c3c(O)cc(O)cc3Oc3ccc([N+](=O)[O-])cc3)on2)CC1.Cl. The highest BCUT2D eigenvalue weighted by Crippen LogP contribution is 2.43. The number of amides is 1. The van der Waals surface area contributed by atoms with Gasteiger partial charge in [0.2, 0.25) is 5.91 Å². The fourth-order valence-electron chi connectivity index (χ4n) is 3.79. The van der Waals surface area contributed by atoms with Gasteiger partial charge in [-0.05, 0) is 45.1 Å². The number of nitro groups is 1. The highest BCUT2D eigenvalue weighted by molar-refractivity contribution is 5.85. The third-order valence-electron chi connectivity index (χ3n) is 5.57. The van der Waals surface area contributed by atoms with Gasteiger partial charge in [0.25, 0.3) is 5.69 Å². The first-order valence-electron chi connectivity index (χ1n) is 10.7. The maximum Gasteiger partial charge on any atom is 0.269 e. The number of phenols is 2. The largest absolute Gasteiger partial charge is 0.508 e. The maximum atomic E-state index is 12.4. The Hall–Kier alpha value is -3.83.